The summed E-state index contributed by atoms with van der Waals surface area (Å²) in [5.41, 5.74) is -0.286. The van der Waals surface area contributed by atoms with Crippen molar-refractivity contribution < 1.29 is 18.0 Å². The molecular formula is C20H19BrF3N3OS. The predicted molar refractivity (Wildman–Crippen MR) is 108 cm³/mol. The molecule has 1 amide bonds. The van der Waals surface area contributed by atoms with Crippen molar-refractivity contribution in [3.8, 4) is 11.3 Å². The fourth-order valence-corrected chi connectivity index (χ4v) is 5.14. The summed E-state index contributed by atoms with van der Waals surface area (Å²) in [6.45, 7) is 0. The van der Waals surface area contributed by atoms with Crippen LogP contribution in [0.2, 0.25) is 0 Å². The van der Waals surface area contributed by atoms with E-state index < -0.39 is 11.9 Å². The number of hydrogen-bond acceptors (Lipinski definition) is 4. The molecular weight excluding hydrogens is 467 g/mol. The molecule has 9 heteroatoms. The van der Waals surface area contributed by atoms with Crippen LogP contribution in [0.5, 0.6) is 0 Å². The highest BCUT2D eigenvalue weighted by atomic mass is 79.9. The molecule has 4 nitrogen and oxygen atoms in total. The van der Waals surface area contributed by atoms with E-state index in [4.69, 9.17) is 0 Å². The van der Waals surface area contributed by atoms with Crippen LogP contribution in [-0.4, -0.2) is 27.7 Å². The minimum absolute atomic E-state index is 0.00499. The van der Waals surface area contributed by atoms with Gasteiger partial charge in [-0.15, -0.1) is 0 Å². The smallest absolute Gasteiger partial charge is 0.352 e. The lowest BCUT2D eigenvalue weighted by atomic mass is 9.95. The van der Waals surface area contributed by atoms with E-state index in [-0.39, 0.29) is 28.6 Å². The largest absolute Gasteiger partial charge is 0.433 e. The Balaban J connectivity index is 1.47. The quantitative estimate of drug-likeness (QED) is 0.459. The Hall–Kier alpha value is -1.61. The van der Waals surface area contributed by atoms with Gasteiger partial charge in [-0.2, -0.15) is 13.2 Å². The molecule has 2 aliphatic carbocycles. The van der Waals surface area contributed by atoms with Crippen molar-refractivity contribution in [2.75, 3.05) is 5.75 Å². The first kappa shape index (κ1) is 20.7. The Bertz CT molecular complexity index is 907. The number of nitrogens with one attached hydrogen (secondary N) is 1. The molecule has 0 unspecified atom stereocenters. The molecule has 2 saturated carbocycles. The Morgan fingerprint density at radius 1 is 1.17 bits per heavy atom. The van der Waals surface area contributed by atoms with Gasteiger partial charge in [0.1, 0.15) is 5.69 Å². The summed E-state index contributed by atoms with van der Waals surface area (Å²) in [6, 6.07) is 7.97. The second kappa shape index (κ2) is 8.26. The molecule has 0 aliphatic heterocycles. The molecule has 0 radical (unpaired) electrons. The third-order valence-corrected chi connectivity index (χ3v) is 6.93. The van der Waals surface area contributed by atoms with Crippen molar-refractivity contribution >= 4 is 33.6 Å². The SMILES string of the molecule is O=C(CSc1nc(-c2ccc(Br)cc2)cc(C(F)(F)F)n1)N[C@@H]1C[C@H]2CC[C@H]1C2. The summed E-state index contributed by atoms with van der Waals surface area (Å²) in [5, 5.41) is 2.98. The summed E-state index contributed by atoms with van der Waals surface area (Å²) in [6.07, 6.45) is -0.0212. The molecule has 2 aromatic rings. The Morgan fingerprint density at radius 2 is 1.93 bits per heavy atom. The number of carbonyl (C=O) groups is 1. The summed E-state index contributed by atoms with van der Waals surface area (Å²) in [7, 11) is 0. The van der Waals surface area contributed by atoms with Crippen LogP contribution in [0.3, 0.4) is 0 Å². The molecule has 1 N–H and O–H groups in total. The number of thioether (sulfide) groups is 1. The molecule has 154 valence electrons. The van der Waals surface area contributed by atoms with Crippen LogP contribution in [0.15, 0.2) is 40.0 Å². The van der Waals surface area contributed by atoms with Crippen LogP contribution >= 0.6 is 27.7 Å². The molecule has 0 spiro atoms. The van der Waals surface area contributed by atoms with Gasteiger partial charge in [0.25, 0.3) is 0 Å². The maximum Gasteiger partial charge on any atom is 0.433 e. The standard InChI is InChI=1S/C20H19BrF3N3OS/c21-14-5-3-12(4-6-14)16-9-17(20(22,23)24)27-19(26-16)29-10-18(28)25-15-8-11-1-2-13(15)7-11/h3-6,9,11,13,15H,1-2,7-8,10H2,(H,25,28)/t11-,13-,15+/m0/s1. The molecule has 2 bridgehead atoms. The van der Waals surface area contributed by atoms with Gasteiger partial charge >= 0.3 is 6.18 Å². The number of nitrogens with zero attached hydrogens (tertiary/aromatic N) is 2. The van der Waals surface area contributed by atoms with Gasteiger partial charge < -0.3 is 5.32 Å². The monoisotopic (exact) mass is 485 g/mol. The van der Waals surface area contributed by atoms with Crippen molar-refractivity contribution in [1.82, 2.24) is 15.3 Å². The van der Waals surface area contributed by atoms with Crippen molar-refractivity contribution in [1.29, 1.82) is 0 Å². The van der Waals surface area contributed by atoms with E-state index in [0.717, 1.165) is 35.1 Å². The van der Waals surface area contributed by atoms with E-state index in [1.54, 1.807) is 24.3 Å². The number of alkyl halides is 3. The van der Waals surface area contributed by atoms with Gasteiger partial charge in [0.2, 0.25) is 5.91 Å². The van der Waals surface area contributed by atoms with Crippen LogP contribution in [-0.2, 0) is 11.0 Å². The van der Waals surface area contributed by atoms with E-state index in [1.807, 2.05) is 0 Å². The van der Waals surface area contributed by atoms with Gasteiger partial charge in [-0.3, -0.25) is 4.79 Å². The highest BCUT2D eigenvalue weighted by molar-refractivity contribution is 9.10. The third kappa shape index (κ3) is 4.94. The molecule has 1 heterocycles. The van der Waals surface area contributed by atoms with E-state index in [1.165, 1.54) is 12.8 Å². The number of benzene rings is 1. The summed E-state index contributed by atoms with van der Waals surface area (Å²) < 4.78 is 40.7. The summed E-state index contributed by atoms with van der Waals surface area (Å²) >= 11 is 4.24. The third-order valence-electron chi connectivity index (χ3n) is 5.55. The van der Waals surface area contributed by atoms with Gasteiger partial charge in [-0.05, 0) is 49.3 Å². The Kier molecular flexibility index (Phi) is 5.88. The van der Waals surface area contributed by atoms with E-state index in [9.17, 15) is 18.0 Å². The number of aromatic nitrogens is 2. The maximum atomic E-state index is 13.3. The maximum absolute atomic E-state index is 13.3. The van der Waals surface area contributed by atoms with Gasteiger partial charge in [0, 0.05) is 16.1 Å². The van der Waals surface area contributed by atoms with Crippen LogP contribution in [0.1, 0.15) is 31.4 Å². The van der Waals surface area contributed by atoms with Gasteiger partial charge in [-0.25, -0.2) is 9.97 Å². The average Bonchev–Trinajstić information content (AvgIpc) is 3.29. The molecule has 29 heavy (non-hydrogen) atoms. The highest BCUT2D eigenvalue weighted by Crippen LogP contribution is 2.44. The number of carbonyl (C=O) groups excluding carboxylic acids is 1. The first-order valence-electron chi connectivity index (χ1n) is 9.42. The fourth-order valence-electron chi connectivity index (χ4n) is 4.20. The molecule has 0 saturated heterocycles. The minimum Gasteiger partial charge on any atom is -0.352 e. The lowest BCUT2D eigenvalue weighted by molar-refractivity contribution is -0.141. The minimum atomic E-state index is -4.59. The van der Waals surface area contributed by atoms with E-state index in [0.29, 0.717) is 17.4 Å². The fraction of sp³-hybridized carbons (Fsp3) is 0.450. The summed E-state index contributed by atoms with van der Waals surface area (Å²) in [5.74, 6) is 1.06. The van der Waals surface area contributed by atoms with Crippen LogP contribution in [0.4, 0.5) is 13.2 Å². The van der Waals surface area contributed by atoms with Crippen molar-refractivity contribution in [2.45, 2.75) is 43.1 Å². The zero-order chi connectivity index (χ0) is 20.6. The molecule has 2 aliphatic rings. The lowest BCUT2D eigenvalue weighted by Crippen LogP contribution is -2.39. The van der Waals surface area contributed by atoms with Crippen LogP contribution in [0, 0.1) is 11.8 Å². The molecule has 4 rings (SSSR count). The predicted octanol–water partition coefficient (Wildman–Crippen LogP) is 5.32. The lowest BCUT2D eigenvalue weighted by Gasteiger charge is -2.22. The highest BCUT2D eigenvalue weighted by Gasteiger charge is 2.40. The average molecular weight is 486 g/mol. The van der Waals surface area contributed by atoms with Gasteiger partial charge in [0.05, 0.1) is 11.4 Å². The number of amides is 1. The summed E-state index contributed by atoms with van der Waals surface area (Å²) in [4.78, 5) is 20.2. The first-order valence-corrected chi connectivity index (χ1v) is 11.2. The topological polar surface area (TPSA) is 54.9 Å². The number of rotatable bonds is 5. The Morgan fingerprint density at radius 3 is 2.55 bits per heavy atom. The second-order valence-corrected chi connectivity index (χ2v) is 9.42. The van der Waals surface area contributed by atoms with Gasteiger partial charge in [-0.1, -0.05) is 46.2 Å². The normalized spacial score (nSPS) is 23.4. The van der Waals surface area contributed by atoms with E-state index in [2.05, 4.69) is 31.2 Å². The number of fused-ring (bicyclic) bond motifs is 2. The van der Waals surface area contributed by atoms with Crippen LogP contribution < -0.4 is 5.32 Å². The zero-order valence-corrected chi connectivity index (χ0v) is 17.8. The molecule has 1 aromatic heterocycles. The molecule has 3 atom stereocenters. The van der Waals surface area contributed by atoms with Crippen LogP contribution in [0.25, 0.3) is 11.3 Å². The Labute approximate surface area is 179 Å². The van der Waals surface area contributed by atoms with Crippen molar-refractivity contribution in [2.24, 2.45) is 11.8 Å². The van der Waals surface area contributed by atoms with Gasteiger partial charge in [0.15, 0.2) is 5.16 Å². The number of halogens is 4. The zero-order valence-electron chi connectivity index (χ0n) is 15.4. The molecule has 2 fully saturated rings. The second-order valence-electron chi connectivity index (χ2n) is 7.56. The van der Waals surface area contributed by atoms with Crippen molar-refractivity contribution in [3.05, 3.63) is 40.5 Å². The van der Waals surface area contributed by atoms with E-state index >= 15 is 0 Å². The molecule has 1 aromatic carbocycles. The first-order chi connectivity index (χ1) is 13.8. The van der Waals surface area contributed by atoms with Crippen molar-refractivity contribution in [3.63, 3.8) is 0 Å². The number of hydrogen-bond donors (Lipinski definition) is 1.